The van der Waals surface area contributed by atoms with Gasteiger partial charge in [0.2, 0.25) is 5.91 Å². The van der Waals surface area contributed by atoms with Gasteiger partial charge in [-0.15, -0.1) is 0 Å². The molecule has 42 heavy (non-hydrogen) atoms. The molecule has 5 rings (SSSR count). The van der Waals surface area contributed by atoms with Crippen molar-refractivity contribution in [3.8, 4) is 0 Å². The van der Waals surface area contributed by atoms with Crippen LogP contribution in [0.2, 0.25) is 0 Å². The van der Waals surface area contributed by atoms with Crippen LogP contribution in [0.15, 0.2) is 66.7 Å². The van der Waals surface area contributed by atoms with E-state index in [0.717, 1.165) is 48.7 Å². The van der Waals surface area contributed by atoms with Crippen LogP contribution in [0.1, 0.15) is 27.0 Å². The van der Waals surface area contributed by atoms with Crippen molar-refractivity contribution in [2.45, 2.75) is 6.54 Å². The molecule has 2 heterocycles. The lowest BCUT2D eigenvalue weighted by Crippen LogP contribution is -2.48. The first-order valence-corrected chi connectivity index (χ1v) is 13.9. The molecule has 10 nitrogen and oxygen atoms in total. The molecule has 10 heteroatoms. The molecule has 0 radical (unpaired) electrons. The number of anilines is 3. The van der Waals surface area contributed by atoms with Crippen LogP contribution in [0.25, 0.3) is 11.3 Å². The smallest absolute Gasteiger partial charge is 0.337 e. The number of nitrogens with zero attached hydrogens (tertiary/aromatic N) is 3. The molecule has 1 fully saturated rings. The van der Waals surface area contributed by atoms with E-state index in [4.69, 9.17) is 10.5 Å². The van der Waals surface area contributed by atoms with Gasteiger partial charge in [-0.2, -0.15) is 0 Å². The van der Waals surface area contributed by atoms with Crippen LogP contribution in [0.4, 0.5) is 17.1 Å². The largest absolute Gasteiger partial charge is 0.465 e. The van der Waals surface area contributed by atoms with Gasteiger partial charge >= 0.3 is 5.97 Å². The first kappa shape index (κ1) is 29.0. The van der Waals surface area contributed by atoms with E-state index in [9.17, 15) is 14.4 Å². The van der Waals surface area contributed by atoms with E-state index < -0.39 is 5.97 Å². The Morgan fingerprint density at radius 2 is 1.64 bits per heavy atom. The molecule has 0 spiro atoms. The molecule has 2 aliphatic rings. The molecule has 0 atom stereocenters. The molecule has 3 aromatic rings. The Balaban J connectivity index is 1.44. The Hall–Kier alpha value is -4.51. The maximum atomic E-state index is 13.3. The Morgan fingerprint density at radius 3 is 2.29 bits per heavy atom. The highest BCUT2D eigenvalue weighted by atomic mass is 16.5. The van der Waals surface area contributed by atoms with Crippen molar-refractivity contribution >= 4 is 46.1 Å². The summed E-state index contributed by atoms with van der Waals surface area (Å²) in [6, 6.07) is 20.1. The number of ether oxygens (including phenoxy) is 1. The SMILES string of the molecule is COC(=O)c1ccc2c(c1)/C(=C(/Nc1ccc(N(C)C(=O)CN3CCN(C)CC3)cc1)c1ccc(CN)cc1)C(=O)N2. The number of methoxy groups -OCH3 is 1. The van der Waals surface area contributed by atoms with Crippen molar-refractivity contribution in [1.29, 1.82) is 0 Å². The van der Waals surface area contributed by atoms with Gasteiger partial charge in [-0.25, -0.2) is 4.79 Å². The first-order valence-electron chi connectivity index (χ1n) is 13.9. The van der Waals surface area contributed by atoms with Crippen LogP contribution in [0.5, 0.6) is 0 Å². The van der Waals surface area contributed by atoms with Crippen LogP contribution in [-0.4, -0.2) is 81.5 Å². The Kier molecular flexibility index (Phi) is 8.67. The summed E-state index contributed by atoms with van der Waals surface area (Å²) >= 11 is 0. The summed E-state index contributed by atoms with van der Waals surface area (Å²) in [5.74, 6) is -0.743. The number of likely N-dealkylation sites (N-methyl/N-ethyl adjacent to an activating group) is 2. The second-order valence-electron chi connectivity index (χ2n) is 10.6. The van der Waals surface area contributed by atoms with Crippen LogP contribution in [-0.2, 0) is 20.9 Å². The average molecular weight is 569 g/mol. The fourth-order valence-corrected chi connectivity index (χ4v) is 5.11. The molecule has 218 valence electrons. The number of piperazine rings is 1. The number of amides is 2. The van der Waals surface area contributed by atoms with Crippen molar-refractivity contribution < 1.29 is 19.1 Å². The second kappa shape index (κ2) is 12.6. The number of nitrogens with two attached hydrogens (primary N) is 1. The summed E-state index contributed by atoms with van der Waals surface area (Å²) in [6.07, 6.45) is 0. The van der Waals surface area contributed by atoms with Gasteiger partial charge in [-0.05, 0) is 60.6 Å². The quantitative estimate of drug-likeness (QED) is 0.280. The minimum atomic E-state index is -0.486. The zero-order chi connectivity index (χ0) is 29.8. The van der Waals surface area contributed by atoms with Crippen LogP contribution in [0.3, 0.4) is 0 Å². The van der Waals surface area contributed by atoms with Crippen molar-refractivity contribution in [2.75, 3.05) is 69.5 Å². The predicted octanol–water partition coefficient (Wildman–Crippen LogP) is 3.07. The van der Waals surface area contributed by atoms with E-state index >= 15 is 0 Å². The molecule has 2 aliphatic heterocycles. The molecule has 2 amide bonds. The van der Waals surface area contributed by atoms with Gasteiger partial charge in [0.1, 0.15) is 0 Å². The number of nitrogens with one attached hydrogen (secondary N) is 2. The van der Waals surface area contributed by atoms with E-state index in [1.165, 1.54) is 7.11 Å². The van der Waals surface area contributed by atoms with E-state index in [0.29, 0.717) is 41.2 Å². The second-order valence-corrected chi connectivity index (χ2v) is 10.6. The molecule has 0 bridgehead atoms. The summed E-state index contributed by atoms with van der Waals surface area (Å²) in [6.45, 7) is 4.43. The van der Waals surface area contributed by atoms with Crippen LogP contribution in [0, 0.1) is 0 Å². The summed E-state index contributed by atoms with van der Waals surface area (Å²) in [4.78, 5) is 44.7. The van der Waals surface area contributed by atoms with Crippen LogP contribution >= 0.6 is 0 Å². The van der Waals surface area contributed by atoms with Gasteiger partial charge in [0, 0.05) is 62.4 Å². The molecule has 1 saturated heterocycles. The maximum absolute atomic E-state index is 13.3. The Morgan fingerprint density at radius 1 is 0.976 bits per heavy atom. The number of rotatable bonds is 8. The summed E-state index contributed by atoms with van der Waals surface area (Å²) < 4.78 is 4.90. The van der Waals surface area contributed by atoms with Crippen molar-refractivity contribution in [1.82, 2.24) is 9.80 Å². The Bertz CT molecular complexity index is 1510. The van der Waals surface area contributed by atoms with Gasteiger partial charge in [-0.1, -0.05) is 24.3 Å². The lowest BCUT2D eigenvalue weighted by Gasteiger charge is -2.32. The molecule has 0 saturated carbocycles. The lowest BCUT2D eigenvalue weighted by molar-refractivity contribution is -0.119. The van der Waals surface area contributed by atoms with Crippen molar-refractivity contribution in [2.24, 2.45) is 5.73 Å². The first-order chi connectivity index (χ1) is 20.3. The highest BCUT2D eigenvalue weighted by molar-refractivity contribution is 6.37. The average Bonchev–Trinajstić information content (AvgIpc) is 3.35. The fraction of sp³-hybridized carbons (Fsp3) is 0.281. The molecule has 3 aromatic carbocycles. The number of benzene rings is 3. The highest BCUT2D eigenvalue weighted by Crippen LogP contribution is 2.38. The topological polar surface area (TPSA) is 120 Å². The number of fused-ring (bicyclic) bond motifs is 1. The van der Waals surface area contributed by atoms with E-state index in [1.54, 1.807) is 30.1 Å². The Labute approximate surface area is 245 Å². The molecular weight excluding hydrogens is 532 g/mol. The molecular formula is C32H36N6O4. The molecule has 0 aromatic heterocycles. The summed E-state index contributed by atoms with van der Waals surface area (Å²) in [5, 5.41) is 6.33. The third kappa shape index (κ3) is 6.20. The van der Waals surface area contributed by atoms with Gasteiger partial charge in [0.15, 0.2) is 0 Å². The zero-order valence-corrected chi connectivity index (χ0v) is 24.1. The molecule has 0 unspecified atom stereocenters. The fourth-order valence-electron chi connectivity index (χ4n) is 5.11. The van der Waals surface area contributed by atoms with E-state index in [2.05, 4.69) is 27.5 Å². The standard InChI is InChI=1S/C32H36N6O4/c1-36-14-16-38(17-15-36)20-28(39)37(2)25-11-9-24(10-12-25)34-30(22-6-4-21(19-33)5-7-22)29-26-18-23(32(41)42-3)8-13-27(26)35-31(29)40/h4-13,18,34H,14-17,19-20,33H2,1-3H3,(H,35,40)/b30-29-. The lowest BCUT2D eigenvalue weighted by atomic mass is 9.97. The third-order valence-corrected chi connectivity index (χ3v) is 7.77. The number of hydrogen-bond acceptors (Lipinski definition) is 8. The van der Waals surface area contributed by atoms with Crippen molar-refractivity contribution in [3.05, 3.63) is 89.0 Å². The highest BCUT2D eigenvalue weighted by Gasteiger charge is 2.30. The molecule has 0 aliphatic carbocycles. The number of carbonyl (C=O) groups is 3. The minimum Gasteiger partial charge on any atom is -0.465 e. The van der Waals surface area contributed by atoms with E-state index in [-0.39, 0.29) is 11.8 Å². The van der Waals surface area contributed by atoms with Gasteiger partial charge in [-0.3, -0.25) is 14.5 Å². The van der Waals surface area contributed by atoms with Crippen LogP contribution < -0.4 is 21.3 Å². The number of esters is 1. The maximum Gasteiger partial charge on any atom is 0.337 e. The summed E-state index contributed by atoms with van der Waals surface area (Å²) in [5.41, 5.74) is 11.6. The van der Waals surface area contributed by atoms with Gasteiger partial charge < -0.3 is 30.9 Å². The van der Waals surface area contributed by atoms with Gasteiger partial charge in [0.25, 0.3) is 5.91 Å². The normalized spacial score (nSPS) is 16.4. The monoisotopic (exact) mass is 568 g/mol. The van der Waals surface area contributed by atoms with Gasteiger partial charge in [0.05, 0.1) is 30.5 Å². The zero-order valence-electron chi connectivity index (χ0n) is 24.1. The third-order valence-electron chi connectivity index (χ3n) is 7.77. The predicted molar refractivity (Wildman–Crippen MR) is 165 cm³/mol. The minimum absolute atomic E-state index is 0.0312. The molecule has 4 N–H and O–H groups in total. The van der Waals surface area contributed by atoms with E-state index in [1.807, 2.05) is 48.5 Å². The van der Waals surface area contributed by atoms with Crippen molar-refractivity contribution in [3.63, 3.8) is 0 Å². The number of hydrogen-bond donors (Lipinski definition) is 3. The summed E-state index contributed by atoms with van der Waals surface area (Å²) in [7, 11) is 5.20. The number of carbonyl (C=O) groups excluding carboxylic acids is 3.